The minimum absolute atomic E-state index is 0.148. The Morgan fingerprint density at radius 3 is 2.00 bits per heavy atom. The van der Waals surface area contributed by atoms with Crippen LogP contribution in [0.1, 0.15) is 71.1 Å². The fourth-order valence-corrected chi connectivity index (χ4v) is 5.37. The van der Waals surface area contributed by atoms with Crippen molar-refractivity contribution in [2.75, 3.05) is 6.61 Å². The van der Waals surface area contributed by atoms with Gasteiger partial charge in [0.1, 0.15) is 31.0 Å². The first-order valence-corrected chi connectivity index (χ1v) is 10.6. The first kappa shape index (κ1) is 18.3. The first-order valence-electron chi connectivity index (χ1n) is 10.6. The highest BCUT2D eigenvalue weighted by molar-refractivity contribution is 5.65. The van der Waals surface area contributed by atoms with Crippen molar-refractivity contribution in [2.45, 2.75) is 113 Å². The van der Waals surface area contributed by atoms with Crippen molar-refractivity contribution >= 4 is 5.97 Å². The first-order chi connectivity index (χ1) is 13.1. The van der Waals surface area contributed by atoms with Crippen molar-refractivity contribution < 1.29 is 33.2 Å². The van der Waals surface area contributed by atoms with E-state index in [0.717, 1.165) is 51.4 Å². The van der Waals surface area contributed by atoms with Gasteiger partial charge in [0.2, 0.25) is 0 Å². The molecule has 0 aromatic heterocycles. The summed E-state index contributed by atoms with van der Waals surface area (Å²) >= 11 is 0. The summed E-state index contributed by atoms with van der Waals surface area (Å²) in [6.45, 7) is 1.56. The molecule has 2 saturated carbocycles. The van der Waals surface area contributed by atoms with E-state index in [2.05, 4.69) is 0 Å². The van der Waals surface area contributed by atoms with Crippen LogP contribution in [0.5, 0.6) is 0 Å². The average molecular weight is 382 g/mol. The molecule has 5 rings (SSSR count). The zero-order valence-electron chi connectivity index (χ0n) is 16.0. The van der Waals surface area contributed by atoms with Crippen LogP contribution >= 0.6 is 0 Å². The summed E-state index contributed by atoms with van der Waals surface area (Å²) in [6.07, 6.45) is 8.68. The van der Waals surface area contributed by atoms with Gasteiger partial charge in [-0.05, 0) is 25.7 Å². The summed E-state index contributed by atoms with van der Waals surface area (Å²) in [6, 6.07) is 0. The molecule has 2 aliphatic carbocycles. The molecule has 0 unspecified atom stereocenters. The third-order valence-electron chi connectivity index (χ3n) is 6.66. The number of hydrogen-bond acceptors (Lipinski definition) is 7. The Labute approximate surface area is 159 Å². The van der Waals surface area contributed by atoms with Gasteiger partial charge in [-0.25, -0.2) is 0 Å². The van der Waals surface area contributed by atoms with E-state index < -0.39 is 24.0 Å². The third kappa shape index (κ3) is 3.31. The van der Waals surface area contributed by atoms with Crippen LogP contribution in [-0.4, -0.2) is 54.9 Å². The summed E-state index contributed by atoms with van der Waals surface area (Å²) in [5.41, 5.74) is 0. The number of fused-ring (bicyclic) bond motifs is 3. The molecule has 7 heteroatoms. The van der Waals surface area contributed by atoms with Crippen LogP contribution in [0.25, 0.3) is 0 Å². The standard InChI is InChI=1S/C20H30O7/c1-13(21)22-12-14-15-16(25-19(24-15)8-4-2-5-9-19)17-18(23-14)27-20(26-17)10-6-3-7-11-20/h14-18H,2-12H2,1H3/t14-,15-,16-,17-,18+/m1/s1. The molecule has 5 aliphatic rings. The summed E-state index contributed by atoms with van der Waals surface area (Å²) in [4.78, 5) is 11.3. The average Bonchev–Trinajstić information content (AvgIpc) is 3.19. The highest BCUT2D eigenvalue weighted by atomic mass is 16.9. The van der Waals surface area contributed by atoms with Crippen LogP contribution in [0, 0.1) is 0 Å². The number of esters is 1. The fraction of sp³-hybridized carbons (Fsp3) is 0.950. The van der Waals surface area contributed by atoms with Crippen LogP contribution < -0.4 is 0 Å². The molecule has 5 atom stereocenters. The quantitative estimate of drug-likeness (QED) is 0.680. The van der Waals surface area contributed by atoms with E-state index in [1.807, 2.05) is 0 Å². The zero-order valence-corrected chi connectivity index (χ0v) is 16.0. The third-order valence-corrected chi connectivity index (χ3v) is 6.66. The van der Waals surface area contributed by atoms with Gasteiger partial charge < -0.3 is 28.4 Å². The lowest BCUT2D eigenvalue weighted by molar-refractivity contribution is -0.255. The predicted molar refractivity (Wildman–Crippen MR) is 92.6 cm³/mol. The second kappa shape index (κ2) is 6.95. The number of carbonyl (C=O) groups excluding carboxylic acids is 1. The van der Waals surface area contributed by atoms with Gasteiger partial charge in [-0.15, -0.1) is 0 Å². The summed E-state index contributed by atoms with van der Waals surface area (Å²) < 4.78 is 37.2. The Morgan fingerprint density at radius 1 is 0.815 bits per heavy atom. The van der Waals surface area contributed by atoms with Gasteiger partial charge in [0.15, 0.2) is 17.9 Å². The van der Waals surface area contributed by atoms with Crippen molar-refractivity contribution in [2.24, 2.45) is 0 Å². The minimum atomic E-state index is -0.555. The molecule has 0 N–H and O–H groups in total. The highest BCUT2D eigenvalue weighted by Crippen LogP contribution is 2.50. The van der Waals surface area contributed by atoms with Crippen molar-refractivity contribution in [1.29, 1.82) is 0 Å². The number of hydrogen-bond donors (Lipinski definition) is 0. The number of carbonyl (C=O) groups is 1. The molecule has 3 aliphatic heterocycles. The van der Waals surface area contributed by atoms with Crippen LogP contribution in [-0.2, 0) is 33.2 Å². The molecule has 0 bridgehead atoms. The number of rotatable bonds is 2. The lowest BCUT2D eigenvalue weighted by Gasteiger charge is -2.36. The molecular weight excluding hydrogens is 352 g/mol. The Balaban J connectivity index is 1.38. The molecule has 3 heterocycles. The van der Waals surface area contributed by atoms with Gasteiger partial charge in [-0.3, -0.25) is 4.79 Å². The SMILES string of the molecule is CC(=O)OC[C@H]1O[C@H]2OC3(CCCCC3)O[C@@H]2[C@@H]2OC3(CCCCC3)O[C@@H]21. The largest absolute Gasteiger partial charge is 0.463 e. The highest BCUT2D eigenvalue weighted by Gasteiger charge is 2.64. The maximum atomic E-state index is 11.3. The van der Waals surface area contributed by atoms with E-state index in [1.54, 1.807) is 0 Å². The molecule has 7 nitrogen and oxygen atoms in total. The monoisotopic (exact) mass is 382 g/mol. The molecule has 5 fully saturated rings. The van der Waals surface area contributed by atoms with Gasteiger partial charge in [-0.1, -0.05) is 12.8 Å². The smallest absolute Gasteiger partial charge is 0.302 e. The molecule has 27 heavy (non-hydrogen) atoms. The molecule has 0 radical (unpaired) electrons. The Morgan fingerprint density at radius 2 is 1.37 bits per heavy atom. The maximum Gasteiger partial charge on any atom is 0.302 e. The van der Waals surface area contributed by atoms with E-state index in [1.165, 1.54) is 19.8 Å². The Kier molecular flexibility index (Phi) is 4.71. The second-order valence-corrected chi connectivity index (χ2v) is 8.65. The van der Waals surface area contributed by atoms with Crippen LogP contribution in [0.2, 0.25) is 0 Å². The molecule has 0 aromatic rings. The van der Waals surface area contributed by atoms with E-state index in [4.69, 9.17) is 28.4 Å². The van der Waals surface area contributed by atoms with Gasteiger partial charge in [-0.2, -0.15) is 0 Å². The van der Waals surface area contributed by atoms with Crippen molar-refractivity contribution in [3.63, 3.8) is 0 Å². The Bertz CT molecular complexity index is 567. The summed E-state index contributed by atoms with van der Waals surface area (Å²) in [7, 11) is 0. The van der Waals surface area contributed by atoms with E-state index in [-0.39, 0.29) is 30.9 Å². The van der Waals surface area contributed by atoms with Crippen molar-refractivity contribution in [1.82, 2.24) is 0 Å². The molecule has 0 amide bonds. The summed E-state index contributed by atoms with van der Waals surface area (Å²) in [5.74, 6) is -1.43. The molecular formula is C20H30O7. The van der Waals surface area contributed by atoms with Gasteiger partial charge in [0.25, 0.3) is 0 Å². The van der Waals surface area contributed by atoms with Crippen molar-refractivity contribution in [3.8, 4) is 0 Å². The summed E-state index contributed by atoms with van der Waals surface area (Å²) in [5, 5.41) is 0. The Hall–Kier alpha value is -0.730. The van der Waals surface area contributed by atoms with Gasteiger partial charge in [0, 0.05) is 32.6 Å². The van der Waals surface area contributed by atoms with E-state index >= 15 is 0 Å². The lowest BCUT2D eigenvalue weighted by atomic mass is 9.94. The van der Waals surface area contributed by atoms with Crippen LogP contribution in [0.15, 0.2) is 0 Å². The number of ether oxygens (including phenoxy) is 6. The van der Waals surface area contributed by atoms with Crippen LogP contribution in [0.3, 0.4) is 0 Å². The molecule has 2 spiro atoms. The zero-order chi connectivity index (χ0) is 18.5. The second-order valence-electron chi connectivity index (χ2n) is 8.65. The van der Waals surface area contributed by atoms with Crippen molar-refractivity contribution in [3.05, 3.63) is 0 Å². The lowest BCUT2D eigenvalue weighted by Crippen LogP contribution is -2.56. The molecule has 152 valence electrons. The minimum Gasteiger partial charge on any atom is -0.463 e. The van der Waals surface area contributed by atoms with Crippen LogP contribution in [0.4, 0.5) is 0 Å². The van der Waals surface area contributed by atoms with E-state index in [0.29, 0.717) is 0 Å². The molecule has 3 saturated heterocycles. The topological polar surface area (TPSA) is 72.5 Å². The van der Waals surface area contributed by atoms with Gasteiger partial charge in [0.05, 0.1) is 0 Å². The normalized spacial score (nSPS) is 42.0. The predicted octanol–water partition coefficient (Wildman–Crippen LogP) is 2.79. The van der Waals surface area contributed by atoms with Gasteiger partial charge >= 0.3 is 5.97 Å². The van der Waals surface area contributed by atoms with E-state index in [9.17, 15) is 4.79 Å². The molecule has 0 aromatic carbocycles. The fourth-order valence-electron chi connectivity index (χ4n) is 5.37. The maximum absolute atomic E-state index is 11.3.